The van der Waals surface area contributed by atoms with Crippen LogP contribution in [0, 0.1) is 0 Å². The van der Waals surface area contributed by atoms with Crippen LogP contribution in [0.4, 0.5) is 0 Å². The summed E-state index contributed by atoms with van der Waals surface area (Å²) in [5.41, 5.74) is 0.509. The van der Waals surface area contributed by atoms with E-state index in [0.29, 0.717) is 5.56 Å². The summed E-state index contributed by atoms with van der Waals surface area (Å²) in [5.74, 6) is -0.0366. The van der Waals surface area contributed by atoms with Crippen molar-refractivity contribution in [3.63, 3.8) is 0 Å². The first-order valence-electron chi connectivity index (χ1n) is 6.82. The molecule has 0 bridgehead atoms. The van der Waals surface area contributed by atoms with Gasteiger partial charge < -0.3 is 4.90 Å². The number of carbonyl (C=O) groups excluding carboxylic acids is 1. The molecule has 0 unspecified atom stereocenters. The smallest absolute Gasteiger partial charge is 0.261 e. The molecule has 4 nitrogen and oxygen atoms in total. The zero-order valence-corrected chi connectivity index (χ0v) is 12.8. The molecule has 0 radical (unpaired) electrons. The predicted octanol–water partition coefficient (Wildman–Crippen LogP) is 3.02. The van der Waals surface area contributed by atoms with Gasteiger partial charge in [0.1, 0.15) is 0 Å². The lowest BCUT2D eigenvalue weighted by Gasteiger charge is -2.24. The Bertz CT molecular complexity index is 561. The van der Waals surface area contributed by atoms with Gasteiger partial charge in [-0.3, -0.25) is 4.79 Å². The molecular formula is C14H18ClNO3S. The third-order valence-electron chi connectivity index (χ3n) is 3.53. The summed E-state index contributed by atoms with van der Waals surface area (Å²) in [6.45, 7) is 1.54. The van der Waals surface area contributed by atoms with Gasteiger partial charge in [0.05, 0.1) is 4.90 Å². The van der Waals surface area contributed by atoms with E-state index in [9.17, 15) is 13.2 Å². The van der Waals surface area contributed by atoms with Crippen LogP contribution < -0.4 is 0 Å². The van der Waals surface area contributed by atoms with Gasteiger partial charge in [-0.2, -0.15) is 0 Å². The Morgan fingerprint density at radius 1 is 0.950 bits per heavy atom. The average molecular weight is 316 g/mol. The summed E-state index contributed by atoms with van der Waals surface area (Å²) in [5, 5.41) is 0. The fraction of sp³-hybridized carbons (Fsp3) is 0.500. The summed E-state index contributed by atoms with van der Waals surface area (Å²) in [6, 6.07) is 5.80. The van der Waals surface area contributed by atoms with Crippen LogP contribution in [0.3, 0.4) is 0 Å². The van der Waals surface area contributed by atoms with E-state index >= 15 is 0 Å². The summed E-state index contributed by atoms with van der Waals surface area (Å²) >= 11 is 0. The van der Waals surface area contributed by atoms with Crippen LogP contribution in [-0.4, -0.2) is 32.3 Å². The lowest BCUT2D eigenvalue weighted by atomic mass is 10.1. The van der Waals surface area contributed by atoms with E-state index in [4.69, 9.17) is 10.7 Å². The van der Waals surface area contributed by atoms with E-state index in [-0.39, 0.29) is 10.8 Å². The highest BCUT2D eigenvalue weighted by molar-refractivity contribution is 8.13. The maximum atomic E-state index is 12.4. The van der Waals surface area contributed by atoms with Crippen molar-refractivity contribution in [3.8, 4) is 0 Å². The van der Waals surface area contributed by atoms with E-state index in [0.717, 1.165) is 38.8 Å². The molecule has 0 aromatic heterocycles. The zero-order chi connectivity index (χ0) is 14.6. The van der Waals surface area contributed by atoms with Crippen LogP contribution in [0.2, 0.25) is 0 Å². The normalized spacial score (nSPS) is 17.4. The van der Waals surface area contributed by atoms with E-state index in [1.54, 1.807) is 0 Å². The average Bonchev–Trinajstić information content (AvgIpc) is 2.37. The van der Waals surface area contributed by atoms with Crippen molar-refractivity contribution in [2.75, 3.05) is 13.1 Å². The minimum absolute atomic E-state index is 0.0170. The number of likely N-dealkylation sites (tertiary alicyclic amines) is 1. The number of rotatable bonds is 2. The zero-order valence-electron chi connectivity index (χ0n) is 11.2. The molecule has 1 aromatic rings. The molecule has 1 aliphatic rings. The molecule has 1 heterocycles. The third kappa shape index (κ3) is 3.96. The van der Waals surface area contributed by atoms with Crippen LogP contribution in [0.25, 0.3) is 0 Å². The molecule has 0 aliphatic carbocycles. The van der Waals surface area contributed by atoms with Crippen LogP contribution in [0.15, 0.2) is 29.2 Å². The number of halogens is 1. The van der Waals surface area contributed by atoms with Crippen LogP contribution in [0.5, 0.6) is 0 Å². The fourth-order valence-electron chi connectivity index (χ4n) is 2.39. The van der Waals surface area contributed by atoms with Crippen molar-refractivity contribution in [1.29, 1.82) is 0 Å². The fourth-order valence-corrected chi connectivity index (χ4v) is 3.16. The summed E-state index contributed by atoms with van der Waals surface area (Å²) < 4.78 is 22.3. The Morgan fingerprint density at radius 3 is 1.95 bits per heavy atom. The lowest BCUT2D eigenvalue weighted by Crippen LogP contribution is -2.33. The minimum atomic E-state index is -3.73. The molecule has 1 aliphatic heterocycles. The largest absolute Gasteiger partial charge is 0.339 e. The number of hydrogen-bond donors (Lipinski definition) is 0. The predicted molar refractivity (Wildman–Crippen MR) is 78.5 cm³/mol. The van der Waals surface area contributed by atoms with Gasteiger partial charge in [-0.25, -0.2) is 8.42 Å². The van der Waals surface area contributed by atoms with Gasteiger partial charge in [-0.05, 0) is 37.1 Å². The molecule has 1 saturated heterocycles. The Hall–Kier alpha value is -1.07. The molecule has 1 amide bonds. The van der Waals surface area contributed by atoms with E-state index < -0.39 is 9.05 Å². The number of carbonyl (C=O) groups is 1. The van der Waals surface area contributed by atoms with E-state index in [2.05, 4.69) is 0 Å². The van der Waals surface area contributed by atoms with Gasteiger partial charge in [0.2, 0.25) is 0 Å². The van der Waals surface area contributed by atoms with Crippen molar-refractivity contribution in [2.45, 2.75) is 37.0 Å². The molecule has 1 fully saturated rings. The van der Waals surface area contributed by atoms with Gasteiger partial charge in [0, 0.05) is 29.3 Å². The topological polar surface area (TPSA) is 54.5 Å². The van der Waals surface area contributed by atoms with Crippen LogP contribution in [0.1, 0.15) is 42.5 Å². The molecule has 2 rings (SSSR count). The highest BCUT2D eigenvalue weighted by Gasteiger charge is 2.17. The Balaban J connectivity index is 2.11. The standard InChI is InChI=1S/C14H18ClNO3S/c15-20(18,19)13-8-6-12(7-9-13)14(17)16-10-4-2-1-3-5-11-16/h6-9H,1-5,10-11H2. The Morgan fingerprint density at radius 2 is 1.45 bits per heavy atom. The first kappa shape index (κ1) is 15.3. The molecule has 1 aromatic carbocycles. The quantitative estimate of drug-likeness (QED) is 0.788. The second kappa shape index (κ2) is 6.59. The molecule has 0 spiro atoms. The first-order valence-corrected chi connectivity index (χ1v) is 9.13. The molecule has 0 saturated carbocycles. The third-order valence-corrected chi connectivity index (χ3v) is 4.90. The minimum Gasteiger partial charge on any atom is -0.339 e. The highest BCUT2D eigenvalue weighted by Crippen LogP contribution is 2.18. The molecule has 20 heavy (non-hydrogen) atoms. The molecular weight excluding hydrogens is 298 g/mol. The Kier molecular flexibility index (Phi) is 5.05. The SMILES string of the molecule is O=C(c1ccc(S(=O)(=O)Cl)cc1)N1CCCCCCC1. The van der Waals surface area contributed by atoms with Crippen molar-refractivity contribution >= 4 is 25.6 Å². The van der Waals surface area contributed by atoms with Gasteiger partial charge in [-0.1, -0.05) is 19.3 Å². The van der Waals surface area contributed by atoms with Crippen molar-refractivity contribution in [1.82, 2.24) is 4.90 Å². The van der Waals surface area contributed by atoms with Crippen LogP contribution in [-0.2, 0) is 9.05 Å². The highest BCUT2D eigenvalue weighted by atomic mass is 35.7. The van der Waals surface area contributed by atoms with Crippen molar-refractivity contribution in [3.05, 3.63) is 29.8 Å². The van der Waals surface area contributed by atoms with Gasteiger partial charge in [-0.15, -0.1) is 0 Å². The summed E-state index contributed by atoms with van der Waals surface area (Å²) in [4.78, 5) is 14.2. The molecule has 0 N–H and O–H groups in total. The van der Waals surface area contributed by atoms with Gasteiger partial charge in [0.25, 0.3) is 15.0 Å². The summed E-state index contributed by atoms with van der Waals surface area (Å²) in [6.07, 6.45) is 5.62. The first-order chi connectivity index (χ1) is 9.48. The van der Waals surface area contributed by atoms with E-state index in [1.165, 1.54) is 30.7 Å². The summed E-state index contributed by atoms with van der Waals surface area (Å²) in [7, 11) is 1.52. The van der Waals surface area contributed by atoms with Gasteiger partial charge >= 0.3 is 0 Å². The molecule has 6 heteroatoms. The van der Waals surface area contributed by atoms with Crippen molar-refractivity contribution in [2.24, 2.45) is 0 Å². The van der Waals surface area contributed by atoms with Crippen LogP contribution >= 0.6 is 10.7 Å². The number of amides is 1. The molecule has 0 atom stereocenters. The number of benzene rings is 1. The molecule has 110 valence electrons. The second-order valence-electron chi connectivity index (χ2n) is 5.02. The number of hydrogen-bond acceptors (Lipinski definition) is 3. The van der Waals surface area contributed by atoms with Gasteiger partial charge in [0.15, 0.2) is 0 Å². The number of nitrogens with zero attached hydrogens (tertiary/aromatic N) is 1. The van der Waals surface area contributed by atoms with E-state index in [1.807, 2.05) is 4.90 Å². The monoisotopic (exact) mass is 315 g/mol. The second-order valence-corrected chi connectivity index (χ2v) is 7.59. The van der Waals surface area contributed by atoms with Crippen molar-refractivity contribution < 1.29 is 13.2 Å². The maximum Gasteiger partial charge on any atom is 0.261 e. The Labute approximate surface area is 124 Å². The lowest BCUT2D eigenvalue weighted by molar-refractivity contribution is 0.0742. The maximum absolute atomic E-state index is 12.4.